The fraction of sp³-hybridized carbons (Fsp3) is 1.00. The van der Waals surface area contributed by atoms with E-state index in [2.05, 4.69) is 9.72 Å². The summed E-state index contributed by atoms with van der Waals surface area (Å²) in [5, 5.41) is 0. The fourth-order valence-electron chi connectivity index (χ4n) is 0.0833. The molecule has 0 radical (unpaired) electrons. The second-order valence-corrected chi connectivity index (χ2v) is 1.07. The minimum atomic E-state index is 1.43. The lowest BCUT2D eigenvalue weighted by molar-refractivity contribution is 0.164. The maximum absolute atomic E-state index is 4.40. The van der Waals surface area contributed by atoms with Crippen molar-refractivity contribution >= 4 is 11.9 Å². The van der Waals surface area contributed by atoms with Crippen molar-refractivity contribution in [3.8, 4) is 0 Å². The van der Waals surface area contributed by atoms with Gasteiger partial charge in [-0.15, -0.1) is 4.89 Å². The zero-order valence-corrected chi connectivity index (χ0v) is 4.13. The van der Waals surface area contributed by atoms with Gasteiger partial charge in [0.15, 0.2) is 0 Å². The van der Waals surface area contributed by atoms with E-state index in [-0.39, 0.29) is 0 Å². The van der Waals surface area contributed by atoms with E-state index in [4.69, 9.17) is 0 Å². The van der Waals surface area contributed by atoms with Crippen LogP contribution in [0.15, 0.2) is 0 Å². The van der Waals surface area contributed by atoms with Gasteiger partial charge in [-0.3, -0.25) is 4.84 Å². The summed E-state index contributed by atoms with van der Waals surface area (Å²) in [7, 11) is 1.58. The SMILES string of the molecule is CONSC. The summed E-state index contributed by atoms with van der Waals surface area (Å²) in [6, 6.07) is 0. The van der Waals surface area contributed by atoms with Crippen LogP contribution in [-0.2, 0) is 4.84 Å². The Labute approximate surface area is 36.0 Å². The molecule has 2 nitrogen and oxygen atoms in total. The molecule has 0 unspecified atom stereocenters. The molecule has 0 aromatic heterocycles. The predicted molar refractivity (Wildman–Crippen MR) is 23.7 cm³/mol. The quantitative estimate of drug-likeness (QED) is 0.395. The summed E-state index contributed by atoms with van der Waals surface area (Å²) in [5.74, 6) is 0. The van der Waals surface area contributed by atoms with Gasteiger partial charge in [0.2, 0.25) is 0 Å². The zero-order valence-electron chi connectivity index (χ0n) is 3.32. The molecule has 0 bridgehead atoms. The van der Waals surface area contributed by atoms with E-state index in [1.54, 1.807) is 7.11 Å². The molecule has 0 saturated carbocycles. The van der Waals surface area contributed by atoms with Gasteiger partial charge in [-0.2, -0.15) is 0 Å². The van der Waals surface area contributed by atoms with Crippen molar-refractivity contribution < 1.29 is 4.84 Å². The molecule has 0 amide bonds. The maximum Gasteiger partial charge on any atom is 0.0583 e. The molecular formula is C2H7NOS. The summed E-state index contributed by atoms with van der Waals surface area (Å²) in [6.45, 7) is 0. The molecule has 3 heteroatoms. The molecule has 0 heterocycles. The van der Waals surface area contributed by atoms with Crippen molar-refractivity contribution in [1.29, 1.82) is 0 Å². The highest BCUT2D eigenvalue weighted by molar-refractivity contribution is 7.96. The fourth-order valence-corrected chi connectivity index (χ4v) is 0.250. The van der Waals surface area contributed by atoms with Gasteiger partial charge < -0.3 is 0 Å². The van der Waals surface area contributed by atoms with E-state index in [9.17, 15) is 0 Å². The molecular weight excluding hydrogens is 86.1 g/mol. The Morgan fingerprint density at radius 3 is 2.40 bits per heavy atom. The van der Waals surface area contributed by atoms with Gasteiger partial charge in [-0.1, -0.05) is 11.9 Å². The number of rotatable bonds is 2. The summed E-state index contributed by atoms with van der Waals surface area (Å²) in [5.41, 5.74) is 0. The van der Waals surface area contributed by atoms with E-state index in [0.717, 1.165) is 0 Å². The molecule has 0 aliphatic carbocycles. The first kappa shape index (κ1) is 5.27. The molecule has 5 heavy (non-hydrogen) atoms. The van der Waals surface area contributed by atoms with Gasteiger partial charge in [0, 0.05) is 0 Å². The Kier molecular flexibility index (Phi) is 4.50. The highest BCUT2D eigenvalue weighted by atomic mass is 32.2. The lowest BCUT2D eigenvalue weighted by Gasteiger charge is -1.87. The van der Waals surface area contributed by atoms with Gasteiger partial charge >= 0.3 is 0 Å². The van der Waals surface area contributed by atoms with Crippen LogP contribution in [0.3, 0.4) is 0 Å². The normalized spacial score (nSPS) is 8.40. The molecule has 0 aromatic carbocycles. The first-order valence-corrected chi connectivity index (χ1v) is 2.45. The molecule has 0 aliphatic rings. The topological polar surface area (TPSA) is 21.3 Å². The second-order valence-electron chi connectivity index (χ2n) is 0.492. The first-order chi connectivity index (χ1) is 2.41. The smallest absolute Gasteiger partial charge is 0.0583 e. The van der Waals surface area contributed by atoms with Gasteiger partial charge in [0.1, 0.15) is 0 Å². The highest BCUT2D eigenvalue weighted by Crippen LogP contribution is 1.75. The molecule has 0 aliphatic heterocycles. The maximum atomic E-state index is 4.40. The number of nitrogens with one attached hydrogen (secondary N) is 1. The molecule has 0 saturated heterocycles. The van der Waals surface area contributed by atoms with Crippen molar-refractivity contribution in [3.63, 3.8) is 0 Å². The summed E-state index contributed by atoms with van der Waals surface area (Å²) >= 11 is 1.43. The highest BCUT2D eigenvalue weighted by Gasteiger charge is 1.61. The Morgan fingerprint density at radius 1 is 1.80 bits per heavy atom. The van der Waals surface area contributed by atoms with Crippen molar-refractivity contribution in [2.45, 2.75) is 0 Å². The molecule has 0 spiro atoms. The zero-order chi connectivity index (χ0) is 4.12. The average molecular weight is 93.2 g/mol. The van der Waals surface area contributed by atoms with Crippen LogP contribution in [-0.4, -0.2) is 13.4 Å². The summed E-state index contributed by atoms with van der Waals surface area (Å²) in [4.78, 5) is 6.93. The van der Waals surface area contributed by atoms with Gasteiger partial charge in [-0.05, 0) is 6.26 Å². The number of hydrogen-bond donors (Lipinski definition) is 1. The third-order valence-corrected chi connectivity index (χ3v) is 0.500. The largest absolute Gasteiger partial charge is 0.295 e. The Balaban J connectivity index is 2.19. The van der Waals surface area contributed by atoms with Crippen molar-refractivity contribution in [3.05, 3.63) is 0 Å². The standard InChI is InChI=1S/C2H7NOS/c1-4-3-5-2/h3H,1-2H3. The third-order valence-electron chi connectivity index (χ3n) is 0.167. The summed E-state index contributed by atoms with van der Waals surface area (Å²) < 4.78 is 0. The van der Waals surface area contributed by atoms with Crippen LogP contribution in [0, 0.1) is 0 Å². The van der Waals surface area contributed by atoms with Crippen LogP contribution >= 0.6 is 11.9 Å². The summed E-state index contributed by atoms with van der Waals surface area (Å²) in [6.07, 6.45) is 1.89. The van der Waals surface area contributed by atoms with Gasteiger partial charge in [-0.25, -0.2) is 0 Å². The first-order valence-electron chi connectivity index (χ1n) is 1.22. The Morgan fingerprint density at radius 2 is 2.40 bits per heavy atom. The molecule has 0 rings (SSSR count). The molecule has 0 atom stereocenters. The minimum Gasteiger partial charge on any atom is -0.295 e. The third kappa shape index (κ3) is 4.27. The van der Waals surface area contributed by atoms with E-state index >= 15 is 0 Å². The van der Waals surface area contributed by atoms with Crippen LogP contribution in [0.2, 0.25) is 0 Å². The minimum absolute atomic E-state index is 1.43. The lowest BCUT2D eigenvalue weighted by atomic mass is 11.7. The van der Waals surface area contributed by atoms with Gasteiger partial charge in [0.25, 0.3) is 0 Å². The van der Waals surface area contributed by atoms with E-state index < -0.39 is 0 Å². The second kappa shape index (κ2) is 4.27. The Bertz CT molecular complexity index is 17.1. The van der Waals surface area contributed by atoms with Crippen molar-refractivity contribution in [1.82, 2.24) is 4.89 Å². The van der Waals surface area contributed by atoms with Crippen LogP contribution in [0.5, 0.6) is 0 Å². The van der Waals surface area contributed by atoms with Crippen LogP contribution < -0.4 is 4.89 Å². The molecule has 0 fully saturated rings. The van der Waals surface area contributed by atoms with Gasteiger partial charge in [0.05, 0.1) is 7.11 Å². The number of hydrogen-bond acceptors (Lipinski definition) is 3. The van der Waals surface area contributed by atoms with Crippen molar-refractivity contribution in [2.24, 2.45) is 0 Å². The van der Waals surface area contributed by atoms with Crippen molar-refractivity contribution in [2.75, 3.05) is 13.4 Å². The van der Waals surface area contributed by atoms with E-state index in [0.29, 0.717) is 0 Å². The van der Waals surface area contributed by atoms with Crippen LogP contribution in [0.4, 0.5) is 0 Å². The monoisotopic (exact) mass is 93.0 g/mol. The van der Waals surface area contributed by atoms with Crippen LogP contribution in [0.25, 0.3) is 0 Å². The molecule has 0 aromatic rings. The predicted octanol–water partition coefficient (Wildman–Crippen LogP) is 0.415. The molecule has 1 N–H and O–H groups in total. The van der Waals surface area contributed by atoms with Crippen LogP contribution in [0.1, 0.15) is 0 Å². The lowest BCUT2D eigenvalue weighted by Crippen LogP contribution is -1.96. The Hall–Kier alpha value is 0.270. The van der Waals surface area contributed by atoms with E-state index in [1.807, 2.05) is 6.26 Å². The molecule has 32 valence electrons. The average Bonchev–Trinajstić information content (AvgIpc) is 1.41. The van der Waals surface area contributed by atoms with E-state index in [1.165, 1.54) is 11.9 Å².